The van der Waals surface area contributed by atoms with Crippen LogP contribution in [0, 0.1) is 6.92 Å². The summed E-state index contributed by atoms with van der Waals surface area (Å²) in [5.41, 5.74) is 4.22. The minimum atomic E-state index is 0.961. The van der Waals surface area contributed by atoms with E-state index in [4.69, 9.17) is 0 Å². The molecule has 0 bridgehead atoms. The van der Waals surface area contributed by atoms with Crippen molar-refractivity contribution in [3.8, 4) is 16.9 Å². The van der Waals surface area contributed by atoms with Gasteiger partial charge in [0.05, 0.1) is 17.6 Å². The van der Waals surface area contributed by atoms with Gasteiger partial charge in [-0.2, -0.15) is 0 Å². The fourth-order valence-corrected chi connectivity index (χ4v) is 1.90. The molecule has 18 heavy (non-hydrogen) atoms. The number of aromatic nitrogens is 4. The molecule has 0 saturated heterocycles. The molecule has 2 heterocycles. The van der Waals surface area contributed by atoms with Crippen molar-refractivity contribution in [3.63, 3.8) is 0 Å². The smallest absolute Gasteiger partial charge is 0.0945 e. The maximum Gasteiger partial charge on any atom is 0.0945 e. The average Bonchev–Trinajstić information content (AvgIpc) is 2.89. The zero-order valence-corrected chi connectivity index (χ0v) is 9.99. The van der Waals surface area contributed by atoms with Gasteiger partial charge in [-0.3, -0.25) is 4.98 Å². The van der Waals surface area contributed by atoms with Crippen molar-refractivity contribution in [3.05, 3.63) is 60.6 Å². The molecule has 0 aliphatic rings. The number of benzene rings is 1. The second-order valence-electron chi connectivity index (χ2n) is 4.11. The van der Waals surface area contributed by atoms with Gasteiger partial charge in [-0.25, -0.2) is 4.68 Å². The van der Waals surface area contributed by atoms with Crippen molar-refractivity contribution < 1.29 is 0 Å². The molecule has 0 saturated carbocycles. The second kappa shape index (κ2) is 4.41. The van der Waals surface area contributed by atoms with Gasteiger partial charge in [0, 0.05) is 18.0 Å². The van der Waals surface area contributed by atoms with Crippen molar-refractivity contribution in [1.29, 1.82) is 0 Å². The SMILES string of the molecule is Cc1cccc(-n2nncc2-c2ccncc2)c1. The molecule has 88 valence electrons. The Morgan fingerprint density at radius 2 is 1.89 bits per heavy atom. The quantitative estimate of drug-likeness (QED) is 0.687. The van der Waals surface area contributed by atoms with E-state index in [-0.39, 0.29) is 0 Å². The van der Waals surface area contributed by atoms with E-state index in [1.807, 2.05) is 28.9 Å². The normalized spacial score (nSPS) is 10.5. The average molecular weight is 236 g/mol. The van der Waals surface area contributed by atoms with Crippen LogP contribution in [0.3, 0.4) is 0 Å². The summed E-state index contributed by atoms with van der Waals surface area (Å²) in [6, 6.07) is 12.1. The highest BCUT2D eigenvalue weighted by molar-refractivity contribution is 5.60. The van der Waals surface area contributed by atoms with E-state index in [0.717, 1.165) is 16.9 Å². The third-order valence-electron chi connectivity index (χ3n) is 2.77. The van der Waals surface area contributed by atoms with Crippen LogP contribution in [-0.4, -0.2) is 20.0 Å². The molecule has 0 fully saturated rings. The summed E-state index contributed by atoms with van der Waals surface area (Å²) in [6.07, 6.45) is 5.30. The molecule has 0 N–H and O–H groups in total. The molecule has 0 aliphatic heterocycles. The first-order valence-corrected chi connectivity index (χ1v) is 5.73. The van der Waals surface area contributed by atoms with Crippen LogP contribution in [0.15, 0.2) is 55.0 Å². The van der Waals surface area contributed by atoms with Crippen LogP contribution in [0.2, 0.25) is 0 Å². The minimum Gasteiger partial charge on any atom is -0.265 e. The molecule has 0 unspecified atom stereocenters. The molecular formula is C14H12N4. The summed E-state index contributed by atoms with van der Waals surface area (Å²) in [4.78, 5) is 4.02. The zero-order chi connectivity index (χ0) is 12.4. The van der Waals surface area contributed by atoms with E-state index >= 15 is 0 Å². The molecule has 0 atom stereocenters. The van der Waals surface area contributed by atoms with Crippen LogP contribution in [0.5, 0.6) is 0 Å². The number of rotatable bonds is 2. The Labute approximate surface area is 105 Å². The second-order valence-corrected chi connectivity index (χ2v) is 4.11. The first-order chi connectivity index (χ1) is 8.84. The largest absolute Gasteiger partial charge is 0.265 e. The summed E-state index contributed by atoms with van der Waals surface area (Å²) < 4.78 is 1.84. The van der Waals surface area contributed by atoms with E-state index < -0.39 is 0 Å². The fraction of sp³-hybridized carbons (Fsp3) is 0.0714. The van der Waals surface area contributed by atoms with Gasteiger partial charge >= 0.3 is 0 Å². The summed E-state index contributed by atoms with van der Waals surface area (Å²) in [5, 5.41) is 8.15. The Hall–Kier alpha value is -2.49. The minimum absolute atomic E-state index is 0.961. The van der Waals surface area contributed by atoms with Crippen LogP contribution in [-0.2, 0) is 0 Å². The lowest BCUT2D eigenvalue weighted by atomic mass is 10.2. The molecule has 0 aliphatic carbocycles. The van der Waals surface area contributed by atoms with Gasteiger partial charge in [0.25, 0.3) is 0 Å². The molecule has 3 aromatic rings. The van der Waals surface area contributed by atoms with Crippen molar-refractivity contribution in [1.82, 2.24) is 20.0 Å². The van der Waals surface area contributed by atoms with E-state index in [0.29, 0.717) is 0 Å². The maximum atomic E-state index is 4.15. The molecule has 0 radical (unpaired) electrons. The summed E-state index contributed by atoms with van der Waals surface area (Å²) >= 11 is 0. The van der Waals surface area contributed by atoms with Gasteiger partial charge in [-0.05, 0) is 36.8 Å². The number of hydrogen-bond acceptors (Lipinski definition) is 3. The lowest BCUT2D eigenvalue weighted by Crippen LogP contribution is -1.99. The molecule has 3 rings (SSSR count). The number of pyridine rings is 1. The van der Waals surface area contributed by atoms with Crippen LogP contribution >= 0.6 is 0 Å². The van der Waals surface area contributed by atoms with Crippen molar-refractivity contribution in [2.45, 2.75) is 6.92 Å². The predicted molar refractivity (Wildman–Crippen MR) is 69.3 cm³/mol. The maximum absolute atomic E-state index is 4.15. The summed E-state index contributed by atoms with van der Waals surface area (Å²) in [6.45, 7) is 2.06. The molecule has 4 heteroatoms. The lowest BCUT2D eigenvalue weighted by Gasteiger charge is -2.06. The van der Waals surface area contributed by atoms with Gasteiger partial charge in [-0.15, -0.1) is 5.10 Å². The van der Waals surface area contributed by atoms with Gasteiger partial charge in [0.1, 0.15) is 0 Å². The highest BCUT2D eigenvalue weighted by Crippen LogP contribution is 2.20. The van der Waals surface area contributed by atoms with E-state index in [2.05, 4.69) is 34.4 Å². The molecule has 0 spiro atoms. The predicted octanol–water partition coefficient (Wildman–Crippen LogP) is 2.64. The first-order valence-electron chi connectivity index (χ1n) is 5.73. The van der Waals surface area contributed by atoms with Crippen LogP contribution in [0.1, 0.15) is 5.56 Å². The Bertz CT molecular complexity index is 658. The Kier molecular flexibility index (Phi) is 2.61. The van der Waals surface area contributed by atoms with Gasteiger partial charge in [-0.1, -0.05) is 17.3 Å². The van der Waals surface area contributed by atoms with Crippen LogP contribution in [0.25, 0.3) is 16.9 Å². The lowest BCUT2D eigenvalue weighted by molar-refractivity contribution is 0.807. The molecule has 4 nitrogen and oxygen atoms in total. The third-order valence-corrected chi connectivity index (χ3v) is 2.77. The number of hydrogen-bond donors (Lipinski definition) is 0. The van der Waals surface area contributed by atoms with E-state index in [1.54, 1.807) is 18.6 Å². The van der Waals surface area contributed by atoms with E-state index in [9.17, 15) is 0 Å². The summed E-state index contributed by atoms with van der Waals surface area (Å²) in [7, 11) is 0. The Morgan fingerprint density at radius 3 is 2.67 bits per heavy atom. The zero-order valence-electron chi connectivity index (χ0n) is 9.99. The van der Waals surface area contributed by atoms with Gasteiger partial charge < -0.3 is 0 Å². The molecule has 1 aromatic carbocycles. The fourth-order valence-electron chi connectivity index (χ4n) is 1.90. The van der Waals surface area contributed by atoms with Crippen LogP contribution < -0.4 is 0 Å². The number of nitrogens with zero attached hydrogens (tertiary/aromatic N) is 4. The van der Waals surface area contributed by atoms with Gasteiger partial charge in [0.15, 0.2) is 0 Å². The van der Waals surface area contributed by atoms with Crippen molar-refractivity contribution in [2.75, 3.05) is 0 Å². The number of aryl methyl sites for hydroxylation is 1. The van der Waals surface area contributed by atoms with Crippen molar-refractivity contribution in [2.24, 2.45) is 0 Å². The molecule has 0 amide bonds. The Morgan fingerprint density at radius 1 is 1.06 bits per heavy atom. The monoisotopic (exact) mass is 236 g/mol. The highest BCUT2D eigenvalue weighted by Gasteiger charge is 2.08. The topological polar surface area (TPSA) is 43.6 Å². The molecular weight excluding hydrogens is 224 g/mol. The third kappa shape index (κ3) is 1.88. The standard InChI is InChI=1S/C14H12N4/c1-11-3-2-4-13(9-11)18-14(10-16-17-18)12-5-7-15-8-6-12/h2-10H,1H3. The highest BCUT2D eigenvalue weighted by atomic mass is 15.4. The Balaban J connectivity index is 2.13. The van der Waals surface area contributed by atoms with E-state index in [1.165, 1.54) is 5.56 Å². The molecule has 2 aromatic heterocycles. The first kappa shape index (κ1) is 10.7. The summed E-state index contributed by atoms with van der Waals surface area (Å²) in [5.74, 6) is 0. The van der Waals surface area contributed by atoms with Crippen molar-refractivity contribution >= 4 is 0 Å². The van der Waals surface area contributed by atoms with Gasteiger partial charge in [0.2, 0.25) is 0 Å². The van der Waals surface area contributed by atoms with Crippen LogP contribution in [0.4, 0.5) is 0 Å².